The summed E-state index contributed by atoms with van der Waals surface area (Å²) >= 11 is 4.11. The van der Waals surface area contributed by atoms with Crippen LogP contribution in [-0.4, -0.2) is 53.8 Å². The van der Waals surface area contributed by atoms with Crippen LogP contribution in [0.2, 0.25) is 0 Å². The first-order valence-electron chi connectivity index (χ1n) is 6.08. The number of aliphatic hydroxyl groups is 2. The van der Waals surface area contributed by atoms with E-state index in [4.69, 9.17) is 10.5 Å². The molecule has 1 aliphatic rings. The number of ether oxygens (including phenoxy) is 1. The predicted octanol–water partition coefficient (Wildman–Crippen LogP) is -0.868. The zero-order valence-corrected chi connectivity index (χ0v) is 11.6. The lowest BCUT2D eigenvalue weighted by atomic mass is 10.0. The van der Waals surface area contributed by atoms with E-state index in [0.717, 1.165) is 0 Å². The van der Waals surface area contributed by atoms with Crippen LogP contribution >= 0.6 is 12.6 Å². The minimum absolute atomic E-state index is 0.246. The number of nitrogens with zero attached hydrogens (tertiary/aromatic N) is 4. The molecule has 4 atom stereocenters. The minimum atomic E-state index is -1.19. The van der Waals surface area contributed by atoms with E-state index in [9.17, 15) is 10.2 Å². The number of nitrogens with two attached hydrogens (primary N) is 1. The highest BCUT2D eigenvalue weighted by molar-refractivity contribution is 7.80. The van der Waals surface area contributed by atoms with Gasteiger partial charge in [-0.15, -0.1) is 0 Å². The van der Waals surface area contributed by atoms with Gasteiger partial charge in [0.1, 0.15) is 24.1 Å². The Hall–Kier alpha value is -1.42. The summed E-state index contributed by atoms with van der Waals surface area (Å²) in [6, 6.07) is 0. The summed E-state index contributed by atoms with van der Waals surface area (Å²) < 4.78 is 7.31. The second-order valence-electron chi connectivity index (χ2n) is 4.87. The van der Waals surface area contributed by atoms with Gasteiger partial charge in [-0.3, -0.25) is 4.57 Å². The molecule has 9 heteroatoms. The number of anilines is 1. The Bertz CT molecular complexity index is 650. The molecule has 2 aromatic rings. The number of fused-ring (bicyclic) bond motifs is 1. The van der Waals surface area contributed by atoms with Crippen LogP contribution in [0.25, 0.3) is 11.2 Å². The van der Waals surface area contributed by atoms with Gasteiger partial charge in [-0.05, 0) is 6.92 Å². The van der Waals surface area contributed by atoms with E-state index in [1.165, 1.54) is 12.7 Å². The van der Waals surface area contributed by atoms with Crippen LogP contribution < -0.4 is 5.73 Å². The van der Waals surface area contributed by atoms with Gasteiger partial charge in [0.2, 0.25) is 0 Å². The SMILES string of the molecule is C[C@@]1(n2cnc3c(N)ncnc32)O[C@H](CS)[C@@H](O)[C@H]1O. The number of aliphatic hydroxyl groups excluding tert-OH is 2. The third kappa shape index (κ3) is 1.71. The summed E-state index contributed by atoms with van der Waals surface area (Å²) in [6.45, 7) is 1.66. The molecule has 20 heavy (non-hydrogen) atoms. The molecule has 108 valence electrons. The van der Waals surface area contributed by atoms with Crippen molar-refractivity contribution >= 4 is 29.6 Å². The lowest BCUT2D eigenvalue weighted by Crippen LogP contribution is -2.43. The summed E-state index contributed by atoms with van der Waals surface area (Å²) in [5.74, 6) is 0.536. The van der Waals surface area contributed by atoms with Gasteiger partial charge in [0.25, 0.3) is 0 Å². The van der Waals surface area contributed by atoms with Crippen LogP contribution in [0.4, 0.5) is 5.82 Å². The highest BCUT2D eigenvalue weighted by atomic mass is 32.1. The van der Waals surface area contributed by atoms with Gasteiger partial charge in [0, 0.05) is 5.75 Å². The van der Waals surface area contributed by atoms with Crippen molar-refractivity contribution < 1.29 is 14.9 Å². The van der Waals surface area contributed by atoms with Gasteiger partial charge in [0.15, 0.2) is 17.2 Å². The number of hydrogen-bond donors (Lipinski definition) is 4. The number of imidazole rings is 1. The molecule has 4 N–H and O–H groups in total. The molecule has 3 rings (SSSR count). The van der Waals surface area contributed by atoms with Crippen LogP contribution in [0.15, 0.2) is 12.7 Å². The Morgan fingerprint density at radius 3 is 2.85 bits per heavy atom. The van der Waals surface area contributed by atoms with E-state index in [0.29, 0.717) is 11.2 Å². The second-order valence-corrected chi connectivity index (χ2v) is 5.24. The Kier molecular flexibility index (Phi) is 3.09. The number of aromatic nitrogens is 4. The molecule has 8 nitrogen and oxygen atoms in total. The van der Waals surface area contributed by atoms with Crippen LogP contribution in [0.3, 0.4) is 0 Å². The van der Waals surface area contributed by atoms with Gasteiger partial charge in [-0.1, -0.05) is 0 Å². The highest BCUT2D eigenvalue weighted by Gasteiger charge is 2.52. The molecule has 0 spiro atoms. The quantitative estimate of drug-likeness (QED) is 0.532. The normalized spacial score (nSPS) is 33.9. The molecule has 3 heterocycles. The van der Waals surface area contributed by atoms with Crippen LogP contribution in [-0.2, 0) is 10.5 Å². The minimum Gasteiger partial charge on any atom is -0.387 e. The number of nitrogen functional groups attached to an aromatic ring is 1. The molecule has 0 bridgehead atoms. The molecular formula is C11H15N5O3S. The van der Waals surface area contributed by atoms with Crippen molar-refractivity contribution in [3.05, 3.63) is 12.7 Å². The Balaban J connectivity index is 2.13. The van der Waals surface area contributed by atoms with Gasteiger partial charge in [-0.2, -0.15) is 12.6 Å². The molecule has 2 aromatic heterocycles. The van der Waals surface area contributed by atoms with Crippen LogP contribution in [0.5, 0.6) is 0 Å². The fourth-order valence-corrected chi connectivity index (χ4v) is 2.78. The predicted molar refractivity (Wildman–Crippen MR) is 74.1 cm³/mol. The maximum absolute atomic E-state index is 10.3. The molecule has 1 fully saturated rings. The number of rotatable bonds is 2. The monoisotopic (exact) mass is 297 g/mol. The van der Waals surface area contributed by atoms with Crippen molar-refractivity contribution in [3.8, 4) is 0 Å². The molecule has 0 saturated carbocycles. The fraction of sp³-hybridized carbons (Fsp3) is 0.545. The zero-order valence-electron chi connectivity index (χ0n) is 10.7. The second kappa shape index (κ2) is 4.55. The average molecular weight is 297 g/mol. The van der Waals surface area contributed by atoms with Gasteiger partial charge >= 0.3 is 0 Å². The first-order chi connectivity index (χ1) is 9.49. The smallest absolute Gasteiger partial charge is 0.173 e. The van der Waals surface area contributed by atoms with Crippen LogP contribution in [0.1, 0.15) is 6.92 Å². The zero-order chi connectivity index (χ0) is 14.5. The number of hydrogen-bond acceptors (Lipinski definition) is 8. The topological polar surface area (TPSA) is 119 Å². The van der Waals surface area contributed by atoms with E-state index < -0.39 is 24.0 Å². The van der Waals surface area contributed by atoms with Crippen molar-refractivity contribution in [1.29, 1.82) is 0 Å². The van der Waals surface area contributed by atoms with E-state index in [-0.39, 0.29) is 11.6 Å². The lowest BCUT2D eigenvalue weighted by Gasteiger charge is -2.29. The van der Waals surface area contributed by atoms with Crippen molar-refractivity contribution in [3.63, 3.8) is 0 Å². The molecule has 0 radical (unpaired) electrons. The Labute approximate surface area is 120 Å². The van der Waals surface area contributed by atoms with Crippen molar-refractivity contribution in [1.82, 2.24) is 19.5 Å². The summed E-state index contributed by atoms with van der Waals surface area (Å²) in [5, 5.41) is 20.3. The van der Waals surface area contributed by atoms with Crippen molar-refractivity contribution in [2.75, 3.05) is 11.5 Å². The molecule has 0 unspecified atom stereocenters. The summed E-state index contributed by atoms with van der Waals surface area (Å²) in [4.78, 5) is 12.1. The molecule has 0 amide bonds. The van der Waals surface area contributed by atoms with E-state index in [2.05, 4.69) is 27.6 Å². The van der Waals surface area contributed by atoms with E-state index >= 15 is 0 Å². The molecule has 0 aromatic carbocycles. The van der Waals surface area contributed by atoms with Gasteiger partial charge in [0.05, 0.1) is 12.4 Å². The molecule has 1 aliphatic heterocycles. The molecule has 1 saturated heterocycles. The molecular weight excluding hydrogens is 282 g/mol. The summed E-state index contributed by atoms with van der Waals surface area (Å²) in [6.07, 6.45) is 0.0388. The van der Waals surface area contributed by atoms with Crippen molar-refractivity contribution in [2.24, 2.45) is 0 Å². The largest absolute Gasteiger partial charge is 0.387 e. The summed E-state index contributed by atoms with van der Waals surface area (Å²) in [5.41, 5.74) is 5.40. The first-order valence-corrected chi connectivity index (χ1v) is 6.71. The fourth-order valence-electron chi connectivity index (χ4n) is 2.49. The molecule has 0 aliphatic carbocycles. The maximum atomic E-state index is 10.3. The summed E-state index contributed by atoms with van der Waals surface area (Å²) in [7, 11) is 0. The number of thiol groups is 1. The van der Waals surface area contributed by atoms with Gasteiger partial charge < -0.3 is 20.7 Å². The third-order valence-electron chi connectivity index (χ3n) is 3.66. The van der Waals surface area contributed by atoms with E-state index in [1.54, 1.807) is 11.5 Å². The highest BCUT2D eigenvalue weighted by Crippen LogP contribution is 2.37. The standard InChI is InChI=1S/C11H15N5O3S/c1-11(8(18)7(17)5(2-20)19-11)16-4-15-6-9(12)13-3-14-10(6)16/h3-5,7-8,17-18,20H,2H2,1H3,(H2,12,13,14)/t5-,7-,8-,11-/m1/s1. The van der Waals surface area contributed by atoms with Crippen molar-refractivity contribution in [2.45, 2.75) is 31.0 Å². The maximum Gasteiger partial charge on any atom is 0.173 e. The lowest BCUT2D eigenvalue weighted by molar-refractivity contribution is -0.121. The first kappa shape index (κ1) is 13.6. The van der Waals surface area contributed by atoms with Crippen LogP contribution in [0, 0.1) is 0 Å². The van der Waals surface area contributed by atoms with E-state index in [1.807, 2.05) is 0 Å². The average Bonchev–Trinajstić information content (AvgIpc) is 2.96. The Morgan fingerprint density at radius 2 is 2.20 bits per heavy atom. The van der Waals surface area contributed by atoms with Gasteiger partial charge in [-0.25, -0.2) is 15.0 Å². The Morgan fingerprint density at radius 1 is 1.45 bits per heavy atom. The third-order valence-corrected chi connectivity index (χ3v) is 4.02.